The summed E-state index contributed by atoms with van der Waals surface area (Å²) < 4.78 is 36.5. The molecule has 1 heterocycles. The number of benzene rings is 2. The SMILES string of the molecule is CNCCCC1Sc2ccccc2N(c2ccc(F)cc2)S1(O)O. The number of nitrogens with one attached hydrogen (secondary N) is 1. The second kappa shape index (κ2) is 7.33. The van der Waals surface area contributed by atoms with Crippen LogP contribution in [0.1, 0.15) is 12.8 Å². The lowest BCUT2D eigenvalue weighted by atomic mass is 10.2. The van der Waals surface area contributed by atoms with E-state index in [4.69, 9.17) is 0 Å². The fourth-order valence-corrected chi connectivity index (χ4v) is 6.47. The highest BCUT2D eigenvalue weighted by molar-refractivity contribution is 8.34. The molecule has 1 atom stereocenters. The second-order valence-electron chi connectivity index (χ2n) is 5.59. The van der Waals surface area contributed by atoms with Crippen LogP contribution in [0.25, 0.3) is 0 Å². The summed E-state index contributed by atoms with van der Waals surface area (Å²) in [7, 11) is -1.20. The van der Waals surface area contributed by atoms with Gasteiger partial charge in [-0.3, -0.25) is 9.11 Å². The molecule has 1 aliphatic heterocycles. The minimum atomic E-state index is -3.08. The molecule has 130 valence electrons. The number of thioether (sulfide) groups is 1. The third-order valence-corrected chi connectivity index (χ3v) is 7.94. The Bertz CT molecular complexity index is 697. The summed E-state index contributed by atoms with van der Waals surface area (Å²) in [5.74, 6) is -0.347. The van der Waals surface area contributed by atoms with E-state index in [0.29, 0.717) is 12.1 Å². The first-order valence-electron chi connectivity index (χ1n) is 7.77. The van der Waals surface area contributed by atoms with Gasteiger partial charge < -0.3 is 5.32 Å². The fraction of sp³-hybridized carbons (Fsp3) is 0.294. The molecule has 0 aromatic heterocycles. The van der Waals surface area contributed by atoms with Crippen molar-refractivity contribution < 1.29 is 13.5 Å². The van der Waals surface area contributed by atoms with Gasteiger partial charge in [-0.2, -0.15) is 0 Å². The first kappa shape index (κ1) is 17.6. The summed E-state index contributed by atoms with van der Waals surface area (Å²) in [6.07, 6.45) is 1.53. The van der Waals surface area contributed by atoms with Crippen molar-refractivity contribution in [2.75, 3.05) is 17.9 Å². The molecule has 0 amide bonds. The summed E-state index contributed by atoms with van der Waals surface area (Å²) in [4.78, 5) is 1.00. The number of para-hydroxylation sites is 1. The molecule has 2 aromatic carbocycles. The van der Waals surface area contributed by atoms with E-state index in [1.54, 1.807) is 16.4 Å². The molecule has 4 nitrogen and oxygen atoms in total. The Balaban J connectivity index is 2.01. The van der Waals surface area contributed by atoms with Gasteiger partial charge in [0.2, 0.25) is 0 Å². The maximum atomic E-state index is 13.3. The van der Waals surface area contributed by atoms with Crippen LogP contribution in [-0.2, 0) is 0 Å². The molecular formula is C17H21FN2O2S2. The lowest BCUT2D eigenvalue weighted by molar-refractivity contribution is 0.477. The van der Waals surface area contributed by atoms with E-state index in [1.807, 2.05) is 31.3 Å². The number of hydrogen-bond acceptors (Lipinski definition) is 5. The fourth-order valence-electron chi connectivity index (χ4n) is 2.73. The van der Waals surface area contributed by atoms with Gasteiger partial charge in [0.25, 0.3) is 0 Å². The predicted octanol–water partition coefficient (Wildman–Crippen LogP) is 5.06. The molecule has 2 aromatic rings. The van der Waals surface area contributed by atoms with Gasteiger partial charge in [0.15, 0.2) is 0 Å². The average molecular weight is 368 g/mol. The van der Waals surface area contributed by atoms with Crippen LogP contribution in [0.15, 0.2) is 53.4 Å². The van der Waals surface area contributed by atoms with Crippen molar-refractivity contribution in [3.63, 3.8) is 0 Å². The zero-order valence-corrected chi connectivity index (χ0v) is 15.0. The number of hydrogen-bond donors (Lipinski definition) is 3. The molecule has 3 N–H and O–H groups in total. The number of anilines is 2. The molecule has 0 fully saturated rings. The van der Waals surface area contributed by atoms with Crippen LogP contribution in [0.4, 0.5) is 15.8 Å². The summed E-state index contributed by atoms with van der Waals surface area (Å²) >= 11 is 1.51. The van der Waals surface area contributed by atoms with Crippen molar-refractivity contribution >= 4 is 33.9 Å². The molecule has 0 radical (unpaired) electrons. The summed E-state index contributed by atoms with van der Waals surface area (Å²) in [5.41, 5.74) is 1.33. The molecular weight excluding hydrogens is 347 g/mol. The smallest absolute Gasteiger partial charge is 0.123 e. The minimum absolute atomic E-state index is 0.328. The first-order valence-corrected chi connectivity index (χ1v) is 10.2. The first-order chi connectivity index (χ1) is 11.5. The quantitative estimate of drug-likeness (QED) is 0.644. The van der Waals surface area contributed by atoms with Gasteiger partial charge in [0.1, 0.15) is 10.4 Å². The molecule has 0 aliphatic carbocycles. The highest BCUT2D eigenvalue weighted by Gasteiger charge is 2.39. The summed E-state index contributed by atoms with van der Waals surface area (Å²) in [5, 5.41) is 3.08. The molecule has 3 rings (SSSR count). The molecule has 1 unspecified atom stereocenters. The van der Waals surface area contributed by atoms with Crippen molar-refractivity contribution in [2.45, 2.75) is 22.3 Å². The van der Waals surface area contributed by atoms with Crippen LogP contribution in [0, 0.1) is 5.82 Å². The van der Waals surface area contributed by atoms with Crippen molar-refractivity contribution in [3.8, 4) is 0 Å². The Labute approximate surface area is 147 Å². The van der Waals surface area contributed by atoms with E-state index in [1.165, 1.54) is 23.9 Å². The topological polar surface area (TPSA) is 55.7 Å². The van der Waals surface area contributed by atoms with E-state index in [9.17, 15) is 13.5 Å². The van der Waals surface area contributed by atoms with Crippen LogP contribution in [-0.4, -0.2) is 27.3 Å². The third kappa shape index (κ3) is 3.41. The monoisotopic (exact) mass is 368 g/mol. The molecule has 0 spiro atoms. The molecule has 0 bridgehead atoms. The van der Waals surface area contributed by atoms with Gasteiger partial charge in [0.05, 0.1) is 11.4 Å². The largest absolute Gasteiger partial charge is 0.320 e. The van der Waals surface area contributed by atoms with Gasteiger partial charge >= 0.3 is 0 Å². The van der Waals surface area contributed by atoms with E-state index >= 15 is 0 Å². The maximum absolute atomic E-state index is 13.3. The lowest BCUT2D eigenvalue weighted by Gasteiger charge is -2.52. The van der Waals surface area contributed by atoms with Crippen LogP contribution < -0.4 is 9.62 Å². The summed E-state index contributed by atoms with van der Waals surface area (Å²) in [6, 6.07) is 13.5. The molecule has 0 saturated heterocycles. The van der Waals surface area contributed by atoms with E-state index in [-0.39, 0.29) is 10.4 Å². The Kier molecular flexibility index (Phi) is 5.36. The Morgan fingerprint density at radius 1 is 1.17 bits per heavy atom. The number of rotatable bonds is 5. The third-order valence-electron chi connectivity index (χ3n) is 3.89. The average Bonchev–Trinajstić information content (AvgIpc) is 2.56. The zero-order chi connectivity index (χ0) is 17.2. The Morgan fingerprint density at radius 3 is 2.58 bits per heavy atom. The van der Waals surface area contributed by atoms with Gasteiger partial charge in [-0.15, -0.1) is 10.8 Å². The van der Waals surface area contributed by atoms with Crippen LogP contribution in [0.2, 0.25) is 0 Å². The zero-order valence-electron chi connectivity index (χ0n) is 13.4. The number of halogens is 1. The van der Waals surface area contributed by atoms with E-state index < -0.39 is 10.8 Å². The van der Waals surface area contributed by atoms with Gasteiger partial charge in [-0.05, 0) is 62.8 Å². The van der Waals surface area contributed by atoms with Crippen LogP contribution in [0.3, 0.4) is 0 Å². The molecule has 7 heteroatoms. The van der Waals surface area contributed by atoms with Crippen molar-refractivity contribution in [1.29, 1.82) is 0 Å². The maximum Gasteiger partial charge on any atom is 0.123 e. The summed E-state index contributed by atoms with van der Waals surface area (Å²) in [6.45, 7) is 0.824. The van der Waals surface area contributed by atoms with Crippen molar-refractivity contribution in [3.05, 3.63) is 54.3 Å². The highest BCUT2D eigenvalue weighted by atomic mass is 32.3. The lowest BCUT2D eigenvalue weighted by Crippen LogP contribution is -2.33. The van der Waals surface area contributed by atoms with Crippen molar-refractivity contribution in [2.24, 2.45) is 0 Å². The standard InChI is InChI=1S/C17H21FN2O2S2/c1-19-12-4-7-17-23-16-6-3-2-5-15(16)20(24(17,21)22)14-10-8-13(18)9-11-14/h2-3,5-6,8-11,17,19,21-22H,4,7,12H2,1H3. The Morgan fingerprint density at radius 2 is 1.88 bits per heavy atom. The van der Waals surface area contributed by atoms with Gasteiger partial charge in [-0.25, -0.2) is 8.70 Å². The van der Waals surface area contributed by atoms with E-state index in [0.717, 1.165) is 23.5 Å². The predicted molar refractivity (Wildman–Crippen MR) is 101 cm³/mol. The molecule has 0 saturated carbocycles. The minimum Gasteiger partial charge on any atom is -0.320 e. The van der Waals surface area contributed by atoms with Gasteiger partial charge in [0, 0.05) is 4.90 Å². The number of nitrogens with zero attached hydrogens (tertiary/aromatic N) is 1. The highest BCUT2D eigenvalue weighted by Crippen LogP contribution is 2.65. The normalized spacial score (nSPS) is 20.5. The second-order valence-corrected chi connectivity index (χ2v) is 9.19. The molecule has 1 aliphatic rings. The molecule has 24 heavy (non-hydrogen) atoms. The van der Waals surface area contributed by atoms with Crippen molar-refractivity contribution in [1.82, 2.24) is 5.32 Å². The van der Waals surface area contributed by atoms with Crippen LogP contribution in [0.5, 0.6) is 0 Å². The Hall–Kier alpha value is -1.25. The number of fused-ring (bicyclic) bond motifs is 1. The van der Waals surface area contributed by atoms with E-state index in [2.05, 4.69) is 5.32 Å². The van der Waals surface area contributed by atoms with Gasteiger partial charge in [-0.1, -0.05) is 23.9 Å². The van der Waals surface area contributed by atoms with Crippen LogP contribution >= 0.6 is 22.5 Å².